The third kappa shape index (κ3) is 2.12. The predicted octanol–water partition coefficient (Wildman–Crippen LogP) is 2.41. The molecule has 4 heteroatoms. The van der Waals surface area contributed by atoms with Gasteiger partial charge in [-0.1, -0.05) is 19.3 Å². The average molecular weight is 234 g/mol. The van der Waals surface area contributed by atoms with Crippen molar-refractivity contribution < 1.29 is 9.90 Å². The molecule has 2 N–H and O–H groups in total. The summed E-state index contributed by atoms with van der Waals surface area (Å²) in [5.74, 6) is -0.734. The fourth-order valence-corrected chi connectivity index (χ4v) is 2.56. The summed E-state index contributed by atoms with van der Waals surface area (Å²) in [7, 11) is 1.82. The molecule has 0 spiro atoms. The maximum atomic E-state index is 11.6. The number of nitrogens with one attached hydrogen (secondary N) is 1. The van der Waals surface area contributed by atoms with E-state index in [0.717, 1.165) is 24.9 Å². The average Bonchev–Trinajstić information content (AvgIpc) is 2.39. The van der Waals surface area contributed by atoms with E-state index in [4.69, 9.17) is 0 Å². The number of anilines is 1. The number of carbonyl (C=O) groups is 1. The van der Waals surface area contributed by atoms with Crippen molar-refractivity contribution in [3.05, 3.63) is 24.0 Å². The Bertz CT molecular complexity index is 394. The fourth-order valence-electron chi connectivity index (χ4n) is 2.56. The van der Waals surface area contributed by atoms with Gasteiger partial charge in [-0.15, -0.1) is 0 Å². The van der Waals surface area contributed by atoms with Crippen LogP contribution in [0.3, 0.4) is 0 Å². The molecule has 2 rings (SSSR count). The molecular formula is C13H18N2O2. The zero-order valence-electron chi connectivity index (χ0n) is 10.1. The predicted molar refractivity (Wildman–Crippen MR) is 66.2 cm³/mol. The Kier molecular flexibility index (Phi) is 3.31. The van der Waals surface area contributed by atoms with E-state index in [1.807, 2.05) is 19.2 Å². The van der Waals surface area contributed by atoms with E-state index < -0.39 is 11.4 Å². The van der Waals surface area contributed by atoms with Crippen molar-refractivity contribution in [1.29, 1.82) is 0 Å². The van der Waals surface area contributed by atoms with Gasteiger partial charge in [-0.2, -0.15) is 0 Å². The van der Waals surface area contributed by atoms with Crippen LogP contribution in [0.2, 0.25) is 0 Å². The minimum atomic E-state index is -0.759. The molecule has 1 aliphatic carbocycles. The van der Waals surface area contributed by atoms with Crippen LogP contribution in [0.5, 0.6) is 0 Å². The molecule has 1 aromatic heterocycles. The highest BCUT2D eigenvalue weighted by molar-refractivity contribution is 5.81. The van der Waals surface area contributed by atoms with Gasteiger partial charge >= 0.3 is 5.97 Å². The molecule has 0 amide bonds. The highest BCUT2D eigenvalue weighted by Crippen LogP contribution is 2.38. The maximum Gasteiger partial charge on any atom is 0.315 e. The van der Waals surface area contributed by atoms with Gasteiger partial charge < -0.3 is 10.4 Å². The lowest BCUT2D eigenvalue weighted by Crippen LogP contribution is -2.38. The maximum absolute atomic E-state index is 11.6. The van der Waals surface area contributed by atoms with Crippen molar-refractivity contribution in [2.24, 2.45) is 0 Å². The normalized spacial score (nSPS) is 18.6. The summed E-state index contributed by atoms with van der Waals surface area (Å²) in [6.07, 6.45) is 6.18. The lowest BCUT2D eigenvalue weighted by molar-refractivity contribution is -0.145. The summed E-state index contributed by atoms with van der Waals surface area (Å²) in [6, 6.07) is 3.73. The van der Waals surface area contributed by atoms with Crippen molar-refractivity contribution in [3.63, 3.8) is 0 Å². The van der Waals surface area contributed by atoms with Crippen molar-refractivity contribution in [2.75, 3.05) is 12.4 Å². The minimum absolute atomic E-state index is 0.698. The molecule has 1 fully saturated rings. The molecule has 0 aromatic carbocycles. The second-order valence-corrected chi connectivity index (χ2v) is 4.63. The van der Waals surface area contributed by atoms with E-state index in [2.05, 4.69) is 10.3 Å². The topological polar surface area (TPSA) is 62.2 Å². The van der Waals surface area contributed by atoms with E-state index >= 15 is 0 Å². The Morgan fingerprint density at radius 2 is 2.06 bits per heavy atom. The summed E-state index contributed by atoms with van der Waals surface area (Å²) in [6.45, 7) is 0. The zero-order valence-corrected chi connectivity index (χ0v) is 10.1. The van der Waals surface area contributed by atoms with Gasteiger partial charge in [-0.05, 0) is 25.0 Å². The summed E-state index contributed by atoms with van der Waals surface area (Å²) in [5.41, 5.74) is 0.846. The van der Waals surface area contributed by atoms with Gasteiger partial charge in [0.05, 0.1) is 17.6 Å². The second kappa shape index (κ2) is 4.73. The number of pyridine rings is 1. The Balaban J connectivity index is 2.34. The standard InChI is InChI=1S/C13H18N2O2/c1-14-10-5-6-11(15-9-10)13(12(16)17)7-3-2-4-8-13/h5-6,9,14H,2-4,7-8H2,1H3,(H,16,17). The van der Waals surface area contributed by atoms with Crippen LogP contribution in [-0.4, -0.2) is 23.1 Å². The highest BCUT2D eigenvalue weighted by atomic mass is 16.4. The van der Waals surface area contributed by atoms with E-state index in [-0.39, 0.29) is 0 Å². The monoisotopic (exact) mass is 234 g/mol. The number of hydrogen-bond acceptors (Lipinski definition) is 3. The van der Waals surface area contributed by atoms with Gasteiger partial charge in [-0.3, -0.25) is 9.78 Å². The Morgan fingerprint density at radius 3 is 2.53 bits per heavy atom. The third-order valence-electron chi connectivity index (χ3n) is 3.66. The summed E-state index contributed by atoms with van der Waals surface area (Å²) < 4.78 is 0. The molecular weight excluding hydrogens is 216 g/mol. The molecule has 0 radical (unpaired) electrons. The molecule has 0 saturated heterocycles. The van der Waals surface area contributed by atoms with Crippen molar-refractivity contribution in [2.45, 2.75) is 37.5 Å². The first-order chi connectivity index (χ1) is 8.19. The van der Waals surface area contributed by atoms with Crippen molar-refractivity contribution in [1.82, 2.24) is 4.98 Å². The molecule has 17 heavy (non-hydrogen) atoms. The first-order valence-corrected chi connectivity index (χ1v) is 6.07. The lowest BCUT2D eigenvalue weighted by Gasteiger charge is -2.32. The number of hydrogen-bond donors (Lipinski definition) is 2. The molecule has 92 valence electrons. The number of nitrogens with zero attached hydrogens (tertiary/aromatic N) is 1. The summed E-state index contributed by atoms with van der Waals surface area (Å²) >= 11 is 0. The zero-order chi connectivity index (χ0) is 12.3. The second-order valence-electron chi connectivity index (χ2n) is 4.63. The van der Waals surface area contributed by atoms with E-state index in [9.17, 15) is 9.90 Å². The van der Waals surface area contributed by atoms with Gasteiger partial charge in [0.2, 0.25) is 0 Å². The van der Waals surface area contributed by atoms with Gasteiger partial charge in [0, 0.05) is 7.05 Å². The number of aromatic nitrogens is 1. The van der Waals surface area contributed by atoms with E-state index in [1.165, 1.54) is 0 Å². The molecule has 1 heterocycles. The Labute approximate surface area is 101 Å². The van der Waals surface area contributed by atoms with Crippen LogP contribution in [0.15, 0.2) is 18.3 Å². The smallest absolute Gasteiger partial charge is 0.315 e. The number of aliphatic carboxylic acids is 1. The molecule has 4 nitrogen and oxygen atoms in total. The summed E-state index contributed by atoms with van der Waals surface area (Å²) in [5, 5.41) is 12.5. The quantitative estimate of drug-likeness (QED) is 0.843. The lowest BCUT2D eigenvalue weighted by atomic mass is 9.71. The third-order valence-corrected chi connectivity index (χ3v) is 3.66. The fraction of sp³-hybridized carbons (Fsp3) is 0.538. The van der Waals surface area contributed by atoms with Crippen LogP contribution in [-0.2, 0) is 10.2 Å². The number of rotatable bonds is 3. The van der Waals surface area contributed by atoms with Crippen LogP contribution >= 0.6 is 0 Å². The van der Waals surface area contributed by atoms with Gasteiger partial charge in [0.25, 0.3) is 0 Å². The number of carboxylic acid groups (broad SMARTS) is 1. The van der Waals surface area contributed by atoms with Crippen LogP contribution in [0.25, 0.3) is 0 Å². The van der Waals surface area contributed by atoms with E-state index in [1.54, 1.807) is 6.20 Å². The molecule has 1 saturated carbocycles. The van der Waals surface area contributed by atoms with Gasteiger partial charge in [-0.25, -0.2) is 0 Å². The molecule has 0 atom stereocenters. The largest absolute Gasteiger partial charge is 0.481 e. The van der Waals surface area contributed by atoms with Crippen molar-refractivity contribution in [3.8, 4) is 0 Å². The Hall–Kier alpha value is -1.58. The Morgan fingerprint density at radius 1 is 1.35 bits per heavy atom. The molecule has 0 bridgehead atoms. The van der Waals surface area contributed by atoms with Crippen molar-refractivity contribution >= 4 is 11.7 Å². The molecule has 1 aromatic rings. The first-order valence-electron chi connectivity index (χ1n) is 6.07. The number of carboxylic acids is 1. The molecule has 0 aliphatic heterocycles. The SMILES string of the molecule is CNc1ccc(C2(C(=O)O)CCCCC2)nc1. The first kappa shape index (κ1) is 11.9. The van der Waals surface area contributed by atoms with Gasteiger partial charge in [0.1, 0.15) is 5.41 Å². The minimum Gasteiger partial charge on any atom is -0.481 e. The van der Waals surface area contributed by atoms with Crippen LogP contribution in [0, 0.1) is 0 Å². The van der Waals surface area contributed by atoms with Gasteiger partial charge in [0.15, 0.2) is 0 Å². The molecule has 0 unspecified atom stereocenters. The highest BCUT2D eigenvalue weighted by Gasteiger charge is 2.42. The van der Waals surface area contributed by atoms with E-state index in [0.29, 0.717) is 18.5 Å². The molecule has 1 aliphatic rings. The van der Waals surface area contributed by atoms with Crippen LogP contribution in [0.1, 0.15) is 37.8 Å². The summed E-state index contributed by atoms with van der Waals surface area (Å²) in [4.78, 5) is 15.9. The van der Waals surface area contributed by atoms with Crippen LogP contribution in [0.4, 0.5) is 5.69 Å². The van der Waals surface area contributed by atoms with Crippen LogP contribution < -0.4 is 5.32 Å².